The Hall–Kier alpha value is -0.860. The van der Waals surface area contributed by atoms with Gasteiger partial charge < -0.3 is 10.1 Å². The van der Waals surface area contributed by atoms with E-state index in [2.05, 4.69) is 5.32 Å². The summed E-state index contributed by atoms with van der Waals surface area (Å²) in [7, 11) is -1.78. The van der Waals surface area contributed by atoms with E-state index in [0.29, 0.717) is 25.9 Å². The molecule has 2 saturated heterocycles. The molecular formula is C13H21ClN2O5S. The first-order valence-electron chi connectivity index (χ1n) is 7.25. The summed E-state index contributed by atoms with van der Waals surface area (Å²) in [5.41, 5.74) is 0. The van der Waals surface area contributed by atoms with Crippen molar-refractivity contribution in [3.8, 4) is 0 Å². The molecule has 1 N–H and O–H groups in total. The number of rotatable bonds is 4. The lowest BCUT2D eigenvalue weighted by Crippen LogP contribution is -2.47. The number of alkyl halides is 1. The lowest BCUT2D eigenvalue weighted by atomic mass is 9.97. The quantitative estimate of drug-likeness (QED) is 0.536. The first-order chi connectivity index (χ1) is 10.3. The standard InChI is InChI=1S/C13H21ClN2O5S/c1-21-13(18)9-2-4-16(5-3-9)6-12(17)15-11-8-22(19,20)7-10(11)14/h9-11H,2-8H2,1H3,(H,15,17)/t10-,11-/m0/s1. The van der Waals surface area contributed by atoms with Crippen molar-refractivity contribution >= 4 is 33.3 Å². The first-order valence-corrected chi connectivity index (χ1v) is 9.50. The van der Waals surface area contributed by atoms with Crippen molar-refractivity contribution in [2.45, 2.75) is 24.3 Å². The zero-order valence-electron chi connectivity index (χ0n) is 12.5. The van der Waals surface area contributed by atoms with Crippen LogP contribution >= 0.6 is 11.6 Å². The fraction of sp³-hybridized carbons (Fsp3) is 0.846. The fourth-order valence-electron chi connectivity index (χ4n) is 2.89. The van der Waals surface area contributed by atoms with Gasteiger partial charge in [0, 0.05) is 0 Å². The van der Waals surface area contributed by atoms with Crippen LogP contribution in [0.25, 0.3) is 0 Å². The molecule has 126 valence electrons. The van der Waals surface area contributed by atoms with E-state index < -0.39 is 21.3 Å². The minimum absolute atomic E-state index is 0.0932. The van der Waals surface area contributed by atoms with Gasteiger partial charge in [-0.2, -0.15) is 0 Å². The molecule has 2 aliphatic heterocycles. The number of ether oxygens (including phenoxy) is 1. The van der Waals surface area contributed by atoms with Crippen LogP contribution in [0.15, 0.2) is 0 Å². The third kappa shape index (κ3) is 4.57. The van der Waals surface area contributed by atoms with Gasteiger partial charge in [0.2, 0.25) is 5.91 Å². The average Bonchev–Trinajstić information content (AvgIpc) is 2.71. The van der Waals surface area contributed by atoms with Crippen molar-refractivity contribution in [3.05, 3.63) is 0 Å². The Balaban J connectivity index is 1.76. The Morgan fingerprint density at radius 3 is 2.41 bits per heavy atom. The van der Waals surface area contributed by atoms with Crippen LogP contribution in [-0.2, 0) is 24.2 Å². The highest BCUT2D eigenvalue weighted by molar-refractivity contribution is 7.91. The molecule has 0 spiro atoms. The molecule has 2 rings (SSSR count). The summed E-state index contributed by atoms with van der Waals surface area (Å²) >= 11 is 5.96. The van der Waals surface area contributed by atoms with E-state index in [4.69, 9.17) is 16.3 Å². The van der Waals surface area contributed by atoms with Crippen LogP contribution in [0.1, 0.15) is 12.8 Å². The van der Waals surface area contributed by atoms with E-state index >= 15 is 0 Å². The van der Waals surface area contributed by atoms with Crippen LogP contribution in [0.3, 0.4) is 0 Å². The maximum Gasteiger partial charge on any atom is 0.308 e. The fourth-order valence-corrected chi connectivity index (χ4v) is 5.44. The molecule has 0 aromatic rings. The van der Waals surface area contributed by atoms with Gasteiger partial charge >= 0.3 is 5.97 Å². The lowest BCUT2D eigenvalue weighted by molar-refractivity contribution is -0.147. The Kier molecular flexibility index (Phi) is 5.68. The van der Waals surface area contributed by atoms with Gasteiger partial charge in [-0.25, -0.2) is 8.42 Å². The highest BCUT2D eigenvalue weighted by Gasteiger charge is 2.37. The molecule has 7 nitrogen and oxygen atoms in total. The number of carbonyl (C=O) groups excluding carboxylic acids is 2. The van der Waals surface area contributed by atoms with Gasteiger partial charge in [-0.15, -0.1) is 11.6 Å². The van der Waals surface area contributed by atoms with E-state index in [9.17, 15) is 18.0 Å². The number of halogens is 1. The number of hydrogen-bond donors (Lipinski definition) is 1. The summed E-state index contributed by atoms with van der Waals surface area (Å²) in [5, 5.41) is 2.12. The zero-order valence-corrected chi connectivity index (χ0v) is 14.0. The smallest absolute Gasteiger partial charge is 0.308 e. The second-order valence-electron chi connectivity index (χ2n) is 5.84. The van der Waals surface area contributed by atoms with Crippen LogP contribution in [0.5, 0.6) is 0 Å². The molecule has 9 heteroatoms. The SMILES string of the molecule is COC(=O)C1CCN(CC(=O)N[C@H]2CS(=O)(=O)C[C@@H]2Cl)CC1. The van der Waals surface area contributed by atoms with E-state index in [-0.39, 0.29) is 35.8 Å². The minimum Gasteiger partial charge on any atom is -0.469 e. The van der Waals surface area contributed by atoms with Gasteiger partial charge in [-0.05, 0) is 25.9 Å². The molecule has 0 aromatic carbocycles. The normalized spacial score (nSPS) is 29.2. The summed E-state index contributed by atoms with van der Waals surface area (Å²) in [4.78, 5) is 25.4. The lowest BCUT2D eigenvalue weighted by Gasteiger charge is -2.30. The van der Waals surface area contributed by atoms with Crippen LogP contribution in [0.2, 0.25) is 0 Å². The molecule has 0 saturated carbocycles. The number of methoxy groups -OCH3 is 1. The number of nitrogens with one attached hydrogen (secondary N) is 1. The topological polar surface area (TPSA) is 92.8 Å². The van der Waals surface area contributed by atoms with Crippen molar-refractivity contribution in [1.82, 2.24) is 10.2 Å². The van der Waals surface area contributed by atoms with Gasteiger partial charge in [0.15, 0.2) is 9.84 Å². The molecule has 0 aromatic heterocycles. The monoisotopic (exact) mass is 352 g/mol. The summed E-state index contributed by atoms with van der Waals surface area (Å²) < 4.78 is 27.6. The number of esters is 1. The number of hydrogen-bond acceptors (Lipinski definition) is 6. The summed E-state index contributed by atoms with van der Waals surface area (Å²) in [5.74, 6) is -0.729. The van der Waals surface area contributed by atoms with E-state index in [1.807, 2.05) is 4.90 Å². The molecule has 0 radical (unpaired) electrons. The molecule has 22 heavy (non-hydrogen) atoms. The number of piperidine rings is 1. The average molecular weight is 353 g/mol. The van der Waals surface area contributed by atoms with Gasteiger partial charge in [0.05, 0.1) is 42.5 Å². The first kappa shape index (κ1) is 17.5. The molecule has 0 aliphatic carbocycles. The number of carbonyl (C=O) groups is 2. The molecule has 2 atom stereocenters. The highest BCUT2D eigenvalue weighted by atomic mass is 35.5. The largest absolute Gasteiger partial charge is 0.469 e. The molecule has 0 bridgehead atoms. The second-order valence-corrected chi connectivity index (χ2v) is 8.55. The number of sulfone groups is 1. The Labute approximate surface area is 135 Å². The number of likely N-dealkylation sites (tertiary alicyclic amines) is 1. The van der Waals surface area contributed by atoms with Crippen molar-refractivity contribution in [3.63, 3.8) is 0 Å². The predicted octanol–water partition coefficient (Wildman–Crippen LogP) is -0.608. The molecule has 2 fully saturated rings. The molecule has 2 aliphatic rings. The van der Waals surface area contributed by atoms with Crippen molar-refractivity contribution in [1.29, 1.82) is 0 Å². The molecule has 1 amide bonds. The highest BCUT2D eigenvalue weighted by Crippen LogP contribution is 2.19. The second kappa shape index (κ2) is 7.14. The predicted molar refractivity (Wildman–Crippen MR) is 81.4 cm³/mol. The van der Waals surface area contributed by atoms with Crippen LogP contribution in [0.4, 0.5) is 0 Å². The molecular weight excluding hydrogens is 332 g/mol. The van der Waals surface area contributed by atoms with Crippen LogP contribution < -0.4 is 5.32 Å². The van der Waals surface area contributed by atoms with Crippen LogP contribution in [-0.4, -0.2) is 74.9 Å². The van der Waals surface area contributed by atoms with E-state index in [0.717, 1.165) is 0 Å². The van der Waals surface area contributed by atoms with Gasteiger partial charge in [-0.3, -0.25) is 14.5 Å². The Morgan fingerprint density at radius 1 is 1.27 bits per heavy atom. The van der Waals surface area contributed by atoms with Crippen molar-refractivity contribution in [2.24, 2.45) is 5.92 Å². The van der Waals surface area contributed by atoms with Crippen molar-refractivity contribution < 1.29 is 22.7 Å². The summed E-state index contributed by atoms with van der Waals surface area (Å²) in [6, 6.07) is -0.522. The third-order valence-electron chi connectivity index (χ3n) is 4.12. The number of nitrogens with zero attached hydrogens (tertiary/aromatic N) is 1. The summed E-state index contributed by atoms with van der Waals surface area (Å²) in [6.07, 6.45) is 1.33. The Bertz CT molecular complexity index is 531. The number of amides is 1. The van der Waals surface area contributed by atoms with E-state index in [1.165, 1.54) is 7.11 Å². The summed E-state index contributed by atoms with van der Waals surface area (Å²) in [6.45, 7) is 1.47. The maximum absolute atomic E-state index is 12.0. The van der Waals surface area contributed by atoms with Gasteiger partial charge in [0.1, 0.15) is 0 Å². The zero-order chi connectivity index (χ0) is 16.3. The van der Waals surface area contributed by atoms with Crippen molar-refractivity contribution in [2.75, 3.05) is 38.2 Å². The maximum atomic E-state index is 12.0. The van der Waals surface area contributed by atoms with Gasteiger partial charge in [-0.1, -0.05) is 0 Å². The van der Waals surface area contributed by atoms with Crippen LogP contribution in [0, 0.1) is 5.92 Å². The van der Waals surface area contributed by atoms with Gasteiger partial charge in [0.25, 0.3) is 0 Å². The Morgan fingerprint density at radius 2 is 1.91 bits per heavy atom. The molecule has 0 unspecified atom stereocenters. The molecule has 2 heterocycles. The third-order valence-corrected chi connectivity index (χ3v) is 6.49. The minimum atomic E-state index is -3.15. The van der Waals surface area contributed by atoms with E-state index in [1.54, 1.807) is 0 Å².